The largest absolute Gasteiger partial charge is 0.324 e. The molecule has 2 heterocycles. The highest BCUT2D eigenvalue weighted by Crippen LogP contribution is 2.38. The predicted octanol–water partition coefficient (Wildman–Crippen LogP) is 0.332. The molecule has 72 valence electrons. The van der Waals surface area contributed by atoms with Crippen LogP contribution < -0.4 is 16.2 Å². The van der Waals surface area contributed by atoms with E-state index in [2.05, 4.69) is 16.2 Å². The molecule has 1 saturated heterocycles. The van der Waals surface area contributed by atoms with E-state index in [1.165, 1.54) is 0 Å². The summed E-state index contributed by atoms with van der Waals surface area (Å²) >= 11 is 0. The molecular formula is C10H11N3O. The van der Waals surface area contributed by atoms with Crippen LogP contribution in [0.1, 0.15) is 12.0 Å². The van der Waals surface area contributed by atoms with Gasteiger partial charge in [-0.05, 0) is 12.5 Å². The van der Waals surface area contributed by atoms with Gasteiger partial charge in [-0.3, -0.25) is 10.2 Å². The van der Waals surface area contributed by atoms with Gasteiger partial charge in [0.25, 0.3) is 5.91 Å². The van der Waals surface area contributed by atoms with Gasteiger partial charge in [-0.25, -0.2) is 5.43 Å². The summed E-state index contributed by atoms with van der Waals surface area (Å²) in [5.41, 5.74) is 7.54. The van der Waals surface area contributed by atoms with Crippen molar-refractivity contribution in [1.82, 2.24) is 10.9 Å². The Morgan fingerprint density at radius 2 is 2.14 bits per heavy atom. The molecule has 1 fully saturated rings. The van der Waals surface area contributed by atoms with Crippen molar-refractivity contribution < 1.29 is 4.79 Å². The maximum Gasteiger partial charge on any atom is 0.250 e. The minimum absolute atomic E-state index is 0.0451. The second kappa shape index (κ2) is 2.56. The Bertz CT molecular complexity index is 396. The fourth-order valence-electron chi connectivity index (χ4n) is 2.21. The first-order chi connectivity index (χ1) is 6.83. The van der Waals surface area contributed by atoms with E-state index in [4.69, 9.17) is 0 Å². The standard InChI is InChI=1S/C10H11N3O/c14-9-10(5-6-11-13-10)7-3-1-2-4-8(7)12-9/h1-4,11,13H,5-6H2,(H,12,14). The number of hydrogen-bond donors (Lipinski definition) is 3. The molecule has 3 rings (SSSR count). The lowest BCUT2D eigenvalue weighted by atomic mass is 9.90. The van der Waals surface area contributed by atoms with Crippen molar-refractivity contribution in [2.45, 2.75) is 12.0 Å². The van der Waals surface area contributed by atoms with E-state index < -0.39 is 5.54 Å². The van der Waals surface area contributed by atoms with Crippen LogP contribution in [0, 0.1) is 0 Å². The number of rotatable bonds is 0. The normalized spacial score (nSPS) is 29.3. The summed E-state index contributed by atoms with van der Waals surface area (Å²) < 4.78 is 0. The van der Waals surface area contributed by atoms with Crippen LogP contribution in [0.2, 0.25) is 0 Å². The Morgan fingerprint density at radius 3 is 2.93 bits per heavy atom. The van der Waals surface area contributed by atoms with Gasteiger partial charge in [-0.15, -0.1) is 0 Å². The van der Waals surface area contributed by atoms with Crippen molar-refractivity contribution in [1.29, 1.82) is 0 Å². The number of benzene rings is 1. The van der Waals surface area contributed by atoms with E-state index >= 15 is 0 Å². The summed E-state index contributed by atoms with van der Waals surface area (Å²) in [4.78, 5) is 11.8. The number of para-hydroxylation sites is 1. The molecule has 1 amide bonds. The second-order valence-corrected chi connectivity index (χ2v) is 3.71. The van der Waals surface area contributed by atoms with E-state index in [0.717, 1.165) is 24.2 Å². The quantitative estimate of drug-likeness (QED) is 0.551. The molecule has 0 saturated carbocycles. The maximum absolute atomic E-state index is 11.8. The van der Waals surface area contributed by atoms with Gasteiger partial charge in [0, 0.05) is 17.8 Å². The van der Waals surface area contributed by atoms with E-state index in [-0.39, 0.29) is 5.91 Å². The summed E-state index contributed by atoms with van der Waals surface area (Å²) in [6.07, 6.45) is 0.801. The molecular weight excluding hydrogens is 178 g/mol. The summed E-state index contributed by atoms with van der Waals surface area (Å²) in [5.74, 6) is 0.0451. The van der Waals surface area contributed by atoms with E-state index in [9.17, 15) is 4.79 Å². The van der Waals surface area contributed by atoms with Crippen LogP contribution in [-0.2, 0) is 10.3 Å². The number of hydrogen-bond acceptors (Lipinski definition) is 3. The molecule has 1 spiro atoms. The highest BCUT2D eigenvalue weighted by molar-refractivity contribution is 6.06. The van der Waals surface area contributed by atoms with Crippen LogP contribution in [0.3, 0.4) is 0 Å². The summed E-state index contributed by atoms with van der Waals surface area (Å²) in [5, 5.41) is 2.89. The summed E-state index contributed by atoms with van der Waals surface area (Å²) in [6.45, 7) is 0.821. The fraction of sp³-hybridized carbons (Fsp3) is 0.300. The number of nitrogens with one attached hydrogen (secondary N) is 3. The van der Waals surface area contributed by atoms with Crippen molar-refractivity contribution in [3.05, 3.63) is 29.8 Å². The first kappa shape index (κ1) is 7.96. The number of fused-ring (bicyclic) bond motifs is 2. The van der Waals surface area contributed by atoms with Gasteiger partial charge in [0.2, 0.25) is 0 Å². The van der Waals surface area contributed by atoms with Gasteiger partial charge in [-0.1, -0.05) is 18.2 Å². The first-order valence-electron chi connectivity index (χ1n) is 4.74. The molecule has 1 aromatic rings. The molecule has 0 bridgehead atoms. The Balaban J connectivity index is 2.18. The summed E-state index contributed by atoms with van der Waals surface area (Å²) in [6, 6.07) is 7.82. The molecule has 4 heteroatoms. The van der Waals surface area contributed by atoms with Gasteiger partial charge < -0.3 is 5.32 Å². The van der Waals surface area contributed by atoms with Crippen LogP contribution in [0.15, 0.2) is 24.3 Å². The number of anilines is 1. The van der Waals surface area contributed by atoms with Crippen LogP contribution in [0.5, 0.6) is 0 Å². The Morgan fingerprint density at radius 1 is 1.29 bits per heavy atom. The molecule has 1 aromatic carbocycles. The highest BCUT2D eigenvalue weighted by atomic mass is 16.2. The van der Waals surface area contributed by atoms with Crippen LogP contribution in [0.25, 0.3) is 0 Å². The molecule has 0 aromatic heterocycles. The molecule has 4 nitrogen and oxygen atoms in total. The zero-order chi connectivity index (χ0) is 9.60. The molecule has 3 N–H and O–H groups in total. The zero-order valence-corrected chi connectivity index (χ0v) is 7.63. The van der Waals surface area contributed by atoms with E-state index in [0.29, 0.717) is 0 Å². The fourth-order valence-corrected chi connectivity index (χ4v) is 2.21. The lowest BCUT2D eigenvalue weighted by molar-refractivity contribution is -0.121. The lowest BCUT2D eigenvalue weighted by Crippen LogP contribution is -2.46. The molecule has 14 heavy (non-hydrogen) atoms. The minimum Gasteiger partial charge on any atom is -0.324 e. The van der Waals surface area contributed by atoms with Crippen molar-refractivity contribution in [2.75, 3.05) is 11.9 Å². The number of hydrazine groups is 1. The first-order valence-corrected chi connectivity index (χ1v) is 4.74. The molecule has 2 aliphatic rings. The third-order valence-electron chi connectivity index (χ3n) is 2.95. The number of carbonyl (C=O) groups excluding carboxylic acids is 1. The van der Waals surface area contributed by atoms with Gasteiger partial charge in [0.15, 0.2) is 0 Å². The Kier molecular flexibility index (Phi) is 1.45. The maximum atomic E-state index is 11.8. The predicted molar refractivity (Wildman–Crippen MR) is 52.5 cm³/mol. The molecule has 1 unspecified atom stereocenters. The minimum atomic E-state index is -0.531. The smallest absolute Gasteiger partial charge is 0.250 e. The molecule has 0 radical (unpaired) electrons. The summed E-state index contributed by atoms with van der Waals surface area (Å²) in [7, 11) is 0. The molecule has 2 aliphatic heterocycles. The van der Waals surface area contributed by atoms with Crippen molar-refractivity contribution in [3.8, 4) is 0 Å². The van der Waals surface area contributed by atoms with Crippen molar-refractivity contribution in [3.63, 3.8) is 0 Å². The average molecular weight is 189 g/mol. The number of carbonyl (C=O) groups is 1. The van der Waals surface area contributed by atoms with Gasteiger partial charge in [0.1, 0.15) is 5.54 Å². The van der Waals surface area contributed by atoms with Crippen molar-refractivity contribution >= 4 is 11.6 Å². The average Bonchev–Trinajstić information content (AvgIpc) is 2.77. The Hall–Kier alpha value is -1.39. The van der Waals surface area contributed by atoms with Gasteiger partial charge in [-0.2, -0.15) is 0 Å². The van der Waals surface area contributed by atoms with E-state index in [1.807, 2.05) is 24.3 Å². The third-order valence-corrected chi connectivity index (χ3v) is 2.95. The second-order valence-electron chi connectivity index (χ2n) is 3.71. The Labute approximate surface area is 81.7 Å². The van der Waals surface area contributed by atoms with Gasteiger partial charge >= 0.3 is 0 Å². The van der Waals surface area contributed by atoms with Crippen molar-refractivity contribution in [2.24, 2.45) is 0 Å². The van der Waals surface area contributed by atoms with Crippen LogP contribution in [-0.4, -0.2) is 12.5 Å². The SMILES string of the molecule is O=C1Nc2ccccc2C12CCNN2. The van der Waals surface area contributed by atoms with E-state index in [1.54, 1.807) is 0 Å². The molecule has 1 atom stereocenters. The molecule has 0 aliphatic carbocycles. The zero-order valence-electron chi connectivity index (χ0n) is 7.63. The number of amides is 1. The monoisotopic (exact) mass is 189 g/mol. The topological polar surface area (TPSA) is 53.2 Å². The lowest BCUT2D eigenvalue weighted by Gasteiger charge is -2.20. The highest BCUT2D eigenvalue weighted by Gasteiger charge is 2.48. The van der Waals surface area contributed by atoms with Gasteiger partial charge in [0.05, 0.1) is 0 Å². The van der Waals surface area contributed by atoms with Crippen LogP contribution in [0.4, 0.5) is 5.69 Å². The van der Waals surface area contributed by atoms with Crippen LogP contribution >= 0.6 is 0 Å². The third kappa shape index (κ3) is 0.818.